The molecule has 0 saturated carbocycles. The van der Waals surface area contributed by atoms with E-state index in [0.29, 0.717) is 24.3 Å². The van der Waals surface area contributed by atoms with E-state index >= 15 is 0 Å². The number of hydrogen-bond acceptors (Lipinski definition) is 4. The Bertz CT molecular complexity index is 897. The van der Waals surface area contributed by atoms with Crippen molar-refractivity contribution in [2.24, 2.45) is 0 Å². The van der Waals surface area contributed by atoms with Gasteiger partial charge in [0.25, 0.3) is 0 Å². The number of ether oxygens (including phenoxy) is 3. The smallest absolute Gasteiger partial charge is 0.494 e. The lowest BCUT2D eigenvalue weighted by atomic mass is 10.0. The van der Waals surface area contributed by atoms with Crippen LogP contribution in [0.5, 0.6) is 11.5 Å². The Kier molecular flexibility index (Phi) is 9.94. The lowest BCUT2D eigenvalue weighted by Gasteiger charge is -2.20. The highest BCUT2D eigenvalue weighted by atomic mass is 19.4. The van der Waals surface area contributed by atoms with Gasteiger partial charge < -0.3 is 14.2 Å². The number of carbonyl (C=O) groups is 1. The maximum absolute atomic E-state index is 14.5. The molecule has 182 valence electrons. The molecular weight excluding hydrogens is 447 g/mol. The first kappa shape index (κ1) is 26.4. The fraction of sp³-hybridized carbons (Fsp3) is 0.458. The second-order valence-corrected chi connectivity index (χ2v) is 7.40. The Hall–Kier alpha value is -2.84. The predicted octanol–water partition coefficient (Wildman–Crippen LogP) is 7.84. The van der Waals surface area contributed by atoms with Crippen molar-refractivity contribution >= 4 is 6.16 Å². The summed E-state index contributed by atoms with van der Waals surface area (Å²) >= 11 is 0. The van der Waals surface area contributed by atoms with Crippen molar-refractivity contribution in [1.29, 1.82) is 0 Å². The van der Waals surface area contributed by atoms with E-state index in [2.05, 4.69) is 9.47 Å². The first-order valence-corrected chi connectivity index (χ1v) is 10.8. The maximum Gasteiger partial charge on any atom is 0.514 e. The van der Waals surface area contributed by atoms with Crippen molar-refractivity contribution in [3.05, 3.63) is 48.0 Å². The van der Waals surface area contributed by atoms with Gasteiger partial charge in [0.2, 0.25) is 11.9 Å². The van der Waals surface area contributed by atoms with Gasteiger partial charge in [0.15, 0.2) is 11.6 Å². The predicted molar refractivity (Wildman–Crippen MR) is 113 cm³/mol. The normalized spacial score (nSPS) is 12.3. The van der Waals surface area contributed by atoms with Crippen LogP contribution < -0.4 is 9.47 Å². The van der Waals surface area contributed by atoms with E-state index in [-0.39, 0.29) is 12.0 Å². The molecule has 33 heavy (non-hydrogen) atoms. The van der Waals surface area contributed by atoms with Crippen molar-refractivity contribution in [3.63, 3.8) is 0 Å². The number of carbonyl (C=O) groups excluding carboxylic acids is 1. The molecule has 0 spiro atoms. The van der Waals surface area contributed by atoms with Gasteiger partial charge in [-0.25, -0.2) is 9.18 Å². The monoisotopic (exact) mass is 474 g/mol. The van der Waals surface area contributed by atoms with Gasteiger partial charge in [-0.3, -0.25) is 0 Å². The number of halogens is 5. The third-order valence-corrected chi connectivity index (χ3v) is 4.89. The van der Waals surface area contributed by atoms with Crippen LogP contribution in [0.3, 0.4) is 0 Å². The Balaban J connectivity index is 2.06. The molecule has 0 heterocycles. The van der Waals surface area contributed by atoms with E-state index in [9.17, 15) is 26.7 Å². The fourth-order valence-corrected chi connectivity index (χ4v) is 3.18. The van der Waals surface area contributed by atoms with Crippen LogP contribution in [0.25, 0.3) is 11.1 Å². The molecule has 9 heteroatoms. The summed E-state index contributed by atoms with van der Waals surface area (Å²) in [5, 5.41) is 0. The van der Waals surface area contributed by atoms with Crippen LogP contribution in [0.4, 0.5) is 26.7 Å². The quantitative estimate of drug-likeness (QED) is 0.144. The summed E-state index contributed by atoms with van der Waals surface area (Å²) < 4.78 is 82.7. The molecule has 4 nitrogen and oxygen atoms in total. The zero-order chi connectivity index (χ0) is 24.4. The Morgan fingerprint density at radius 1 is 0.909 bits per heavy atom. The summed E-state index contributed by atoms with van der Waals surface area (Å²) in [6, 6.07) is 8.32. The molecule has 0 bridgehead atoms. The summed E-state index contributed by atoms with van der Waals surface area (Å²) in [7, 11) is 0. The van der Waals surface area contributed by atoms with Crippen molar-refractivity contribution < 1.29 is 41.0 Å². The molecule has 1 atom stereocenters. The number of hydrogen-bond donors (Lipinski definition) is 0. The number of rotatable bonds is 11. The highest BCUT2D eigenvalue weighted by Gasteiger charge is 2.43. The van der Waals surface area contributed by atoms with Crippen molar-refractivity contribution in [2.45, 2.75) is 64.7 Å². The molecule has 2 rings (SSSR count). The topological polar surface area (TPSA) is 44.8 Å². The van der Waals surface area contributed by atoms with Gasteiger partial charge in [-0.05, 0) is 49.6 Å². The van der Waals surface area contributed by atoms with Gasteiger partial charge in [0.1, 0.15) is 5.75 Å². The molecule has 1 unspecified atom stereocenters. The van der Waals surface area contributed by atoms with Gasteiger partial charge >= 0.3 is 12.3 Å². The second-order valence-electron chi connectivity index (χ2n) is 7.40. The number of alkyl halides is 3. The molecular formula is C24H27F5O4. The van der Waals surface area contributed by atoms with Crippen LogP contribution in [0.15, 0.2) is 36.4 Å². The van der Waals surface area contributed by atoms with Crippen molar-refractivity contribution in [1.82, 2.24) is 0 Å². The van der Waals surface area contributed by atoms with Gasteiger partial charge in [-0.2, -0.15) is 17.6 Å². The fourth-order valence-electron chi connectivity index (χ4n) is 3.18. The van der Waals surface area contributed by atoms with Crippen LogP contribution in [-0.4, -0.2) is 25.0 Å². The number of unbranched alkanes of at least 4 members (excludes halogenated alkanes) is 4. The minimum absolute atomic E-state index is 0.114. The Labute approximate surface area is 189 Å². The average molecular weight is 474 g/mol. The lowest BCUT2D eigenvalue weighted by Crippen LogP contribution is -2.34. The zero-order valence-electron chi connectivity index (χ0n) is 18.5. The summed E-state index contributed by atoms with van der Waals surface area (Å²) in [4.78, 5) is 11.9. The van der Waals surface area contributed by atoms with Crippen LogP contribution in [0, 0.1) is 11.6 Å². The van der Waals surface area contributed by atoms with E-state index < -0.39 is 42.2 Å². The number of benzene rings is 2. The van der Waals surface area contributed by atoms with E-state index in [4.69, 9.17) is 4.74 Å². The highest BCUT2D eigenvalue weighted by molar-refractivity contribution is 5.68. The highest BCUT2D eigenvalue weighted by Crippen LogP contribution is 2.32. The molecule has 0 aliphatic rings. The van der Waals surface area contributed by atoms with Crippen LogP contribution in [0.1, 0.15) is 52.4 Å². The SMILES string of the molecule is CCCCCCCC(OC(=O)Oc1ccc(-c2ccc(OCC)cc2)c(F)c1F)C(F)(F)F. The molecule has 0 aromatic heterocycles. The van der Waals surface area contributed by atoms with Crippen molar-refractivity contribution in [2.75, 3.05) is 6.61 Å². The first-order chi connectivity index (χ1) is 15.7. The van der Waals surface area contributed by atoms with Crippen LogP contribution in [-0.2, 0) is 4.74 Å². The Morgan fingerprint density at radius 2 is 1.58 bits per heavy atom. The summed E-state index contributed by atoms with van der Waals surface area (Å²) in [6.07, 6.45) is -6.00. The maximum atomic E-state index is 14.5. The largest absolute Gasteiger partial charge is 0.514 e. The van der Waals surface area contributed by atoms with Gasteiger partial charge in [-0.15, -0.1) is 0 Å². The third-order valence-electron chi connectivity index (χ3n) is 4.89. The molecule has 2 aromatic carbocycles. The second kappa shape index (κ2) is 12.4. The molecule has 0 aliphatic heterocycles. The van der Waals surface area contributed by atoms with Gasteiger partial charge in [0.05, 0.1) is 6.61 Å². The Morgan fingerprint density at radius 3 is 2.18 bits per heavy atom. The summed E-state index contributed by atoms with van der Waals surface area (Å²) in [6.45, 7) is 4.22. The standard InChI is InChI=1S/C24H27F5O4/c1-3-5-6-7-8-9-20(24(27,28)29)33-23(30)32-19-15-14-18(21(25)22(19)26)16-10-12-17(13-11-16)31-4-2/h10-15,20H,3-9H2,1-2H3. The van der Waals surface area contributed by atoms with Crippen LogP contribution in [0.2, 0.25) is 0 Å². The molecule has 0 saturated heterocycles. The lowest BCUT2D eigenvalue weighted by molar-refractivity contribution is -0.208. The van der Waals surface area contributed by atoms with Gasteiger partial charge in [-0.1, -0.05) is 44.7 Å². The molecule has 2 aromatic rings. The minimum Gasteiger partial charge on any atom is -0.494 e. The van der Waals surface area contributed by atoms with E-state index in [1.807, 2.05) is 6.92 Å². The summed E-state index contributed by atoms with van der Waals surface area (Å²) in [5.41, 5.74) is 0.223. The minimum atomic E-state index is -4.80. The van der Waals surface area contributed by atoms with Gasteiger partial charge in [0, 0.05) is 5.56 Å². The first-order valence-electron chi connectivity index (χ1n) is 10.8. The van der Waals surface area contributed by atoms with Crippen molar-refractivity contribution in [3.8, 4) is 22.6 Å². The summed E-state index contributed by atoms with van der Waals surface area (Å²) in [5.74, 6) is -3.14. The molecule has 0 radical (unpaired) electrons. The van der Waals surface area contributed by atoms with Crippen LogP contribution >= 0.6 is 0 Å². The average Bonchev–Trinajstić information content (AvgIpc) is 2.76. The molecule has 0 N–H and O–H groups in total. The molecule has 0 aliphatic carbocycles. The zero-order valence-corrected chi connectivity index (χ0v) is 18.5. The van der Waals surface area contributed by atoms with E-state index in [0.717, 1.165) is 31.4 Å². The molecule has 0 amide bonds. The molecule has 0 fully saturated rings. The van der Waals surface area contributed by atoms with E-state index in [1.54, 1.807) is 19.1 Å². The third kappa shape index (κ3) is 7.91. The van der Waals surface area contributed by atoms with E-state index in [1.165, 1.54) is 12.1 Å².